The Morgan fingerprint density at radius 1 is 1.11 bits per heavy atom. The van der Waals surface area contributed by atoms with Crippen molar-refractivity contribution in [3.63, 3.8) is 0 Å². The van der Waals surface area contributed by atoms with E-state index in [1.807, 2.05) is 19.1 Å². The van der Waals surface area contributed by atoms with Crippen LogP contribution in [0.15, 0.2) is 54.9 Å². The smallest absolute Gasteiger partial charge is 0.270 e. The van der Waals surface area contributed by atoms with E-state index in [-0.39, 0.29) is 11.7 Å². The zero-order chi connectivity index (χ0) is 19.1. The minimum atomic E-state index is -0.273. The lowest BCUT2D eigenvalue weighted by Crippen LogP contribution is -2.27. The normalized spacial score (nSPS) is 10.4. The SMILES string of the molecule is Cc1cc(C(=O)NCCc2ccc(F)cc2)nc(NCc2cccnc2)n1. The molecule has 2 heterocycles. The molecule has 6 nitrogen and oxygen atoms in total. The standard InChI is InChI=1S/C20H20FN5O/c1-14-11-18(19(27)23-10-8-15-4-6-17(21)7-5-15)26-20(25-14)24-13-16-3-2-9-22-12-16/h2-7,9,11-12H,8,10,13H2,1H3,(H,23,27)(H,24,25,26). The second-order valence-corrected chi connectivity index (χ2v) is 6.07. The summed E-state index contributed by atoms with van der Waals surface area (Å²) >= 11 is 0. The average molecular weight is 365 g/mol. The Labute approximate surface area is 156 Å². The third-order valence-electron chi connectivity index (χ3n) is 3.87. The fourth-order valence-corrected chi connectivity index (χ4v) is 2.51. The molecule has 27 heavy (non-hydrogen) atoms. The summed E-state index contributed by atoms with van der Waals surface area (Å²) in [6.45, 7) is 2.76. The summed E-state index contributed by atoms with van der Waals surface area (Å²) in [7, 11) is 0. The van der Waals surface area contributed by atoms with Crippen molar-refractivity contribution in [3.8, 4) is 0 Å². The molecule has 0 bridgehead atoms. The third kappa shape index (κ3) is 5.57. The Hall–Kier alpha value is -3.35. The van der Waals surface area contributed by atoms with Crippen molar-refractivity contribution in [2.45, 2.75) is 19.9 Å². The van der Waals surface area contributed by atoms with Gasteiger partial charge in [-0.15, -0.1) is 0 Å². The topological polar surface area (TPSA) is 79.8 Å². The highest BCUT2D eigenvalue weighted by molar-refractivity contribution is 5.92. The molecule has 0 aliphatic rings. The Bertz CT molecular complexity index is 900. The van der Waals surface area contributed by atoms with Crippen LogP contribution in [0.5, 0.6) is 0 Å². The maximum absolute atomic E-state index is 12.9. The lowest BCUT2D eigenvalue weighted by Gasteiger charge is -2.09. The Kier molecular flexibility index (Phi) is 6.04. The maximum atomic E-state index is 12.9. The van der Waals surface area contributed by atoms with Crippen LogP contribution in [0.25, 0.3) is 0 Å². The van der Waals surface area contributed by atoms with Gasteiger partial charge in [0.2, 0.25) is 5.95 Å². The zero-order valence-corrected chi connectivity index (χ0v) is 14.9. The molecule has 7 heteroatoms. The van der Waals surface area contributed by atoms with Crippen LogP contribution in [0.1, 0.15) is 27.3 Å². The molecule has 0 aliphatic carbocycles. The van der Waals surface area contributed by atoms with Crippen LogP contribution in [-0.4, -0.2) is 27.4 Å². The highest BCUT2D eigenvalue weighted by Gasteiger charge is 2.10. The highest BCUT2D eigenvalue weighted by atomic mass is 19.1. The molecule has 0 radical (unpaired) electrons. The van der Waals surface area contributed by atoms with E-state index in [1.54, 1.807) is 30.6 Å². The van der Waals surface area contributed by atoms with Crippen LogP contribution < -0.4 is 10.6 Å². The minimum Gasteiger partial charge on any atom is -0.350 e. The summed E-state index contributed by atoms with van der Waals surface area (Å²) < 4.78 is 12.9. The first kappa shape index (κ1) is 18.4. The van der Waals surface area contributed by atoms with Crippen molar-refractivity contribution in [3.05, 3.63) is 83.2 Å². The van der Waals surface area contributed by atoms with E-state index in [4.69, 9.17) is 0 Å². The van der Waals surface area contributed by atoms with E-state index in [0.29, 0.717) is 36.8 Å². The molecule has 0 atom stereocenters. The number of benzene rings is 1. The summed E-state index contributed by atoms with van der Waals surface area (Å²) in [5.41, 5.74) is 2.94. The monoisotopic (exact) mass is 365 g/mol. The molecule has 3 rings (SSSR count). The van der Waals surface area contributed by atoms with Gasteiger partial charge in [0.05, 0.1) is 0 Å². The number of carbonyl (C=O) groups excluding carboxylic acids is 1. The largest absolute Gasteiger partial charge is 0.350 e. The molecule has 0 aliphatic heterocycles. The number of amides is 1. The van der Waals surface area contributed by atoms with Crippen LogP contribution in [0, 0.1) is 12.7 Å². The number of aryl methyl sites for hydroxylation is 1. The van der Waals surface area contributed by atoms with Gasteiger partial charge in [0.15, 0.2) is 0 Å². The Balaban J connectivity index is 1.57. The second kappa shape index (κ2) is 8.84. The fourth-order valence-electron chi connectivity index (χ4n) is 2.51. The van der Waals surface area contributed by atoms with Gasteiger partial charge in [-0.1, -0.05) is 18.2 Å². The molecular formula is C20H20FN5O. The number of aromatic nitrogens is 3. The number of hydrogen-bond donors (Lipinski definition) is 2. The van der Waals surface area contributed by atoms with Crippen molar-refractivity contribution in [1.29, 1.82) is 0 Å². The molecule has 0 saturated heterocycles. The molecule has 0 unspecified atom stereocenters. The molecule has 2 aromatic heterocycles. The number of pyridine rings is 1. The molecule has 1 aromatic carbocycles. The first-order chi connectivity index (χ1) is 13.1. The fraction of sp³-hybridized carbons (Fsp3) is 0.200. The number of nitrogens with zero attached hydrogens (tertiary/aromatic N) is 3. The van der Waals surface area contributed by atoms with Gasteiger partial charge < -0.3 is 10.6 Å². The number of rotatable bonds is 7. The third-order valence-corrected chi connectivity index (χ3v) is 3.87. The highest BCUT2D eigenvalue weighted by Crippen LogP contribution is 2.08. The molecule has 0 saturated carbocycles. The quantitative estimate of drug-likeness (QED) is 0.673. The van der Waals surface area contributed by atoms with Gasteiger partial charge in [-0.2, -0.15) is 0 Å². The molecule has 0 spiro atoms. The van der Waals surface area contributed by atoms with E-state index in [9.17, 15) is 9.18 Å². The van der Waals surface area contributed by atoms with Gasteiger partial charge in [0.25, 0.3) is 5.91 Å². The van der Waals surface area contributed by atoms with Crippen molar-refractivity contribution < 1.29 is 9.18 Å². The zero-order valence-electron chi connectivity index (χ0n) is 14.9. The lowest BCUT2D eigenvalue weighted by atomic mass is 10.1. The minimum absolute atomic E-state index is 0.271. The van der Waals surface area contributed by atoms with Crippen molar-refractivity contribution in [2.24, 2.45) is 0 Å². The van der Waals surface area contributed by atoms with Gasteiger partial charge in [-0.05, 0) is 48.7 Å². The van der Waals surface area contributed by atoms with Gasteiger partial charge in [0.1, 0.15) is 11.5 Å². The molecule has 3 aromatic rings. The maximum Gasteiger partial charge on any atom is 0.270 e. The Morgan fingerprint density at radius 2 is 1.93 bits per heavy atom. The van der Waals surface area contributed by atoms with Crippen LogP contribution in [0.4, 0.5) is 10.3 Å². The van der Waals surface area contributed by atoms with E-state index < -0.39 is 0 Å². The number of anilines is 1. The molecule has 138 valence electrons. The number of carbonyl (C=O) groups is 1. The van der Waals surface area contributed by atoms with Gasteiger partial charge >= 0.3 is 0 Å². The van der Waals surface area contributed by atoms with E-state index in [1.165, 1.54) is 12.1 Å². The summed E-state index contributed by atoms with van der Waals surface area (Å²) in [6.07, 6.45) is 4.08. The molecule has 0 fully saturated rings. The van der Waals surface area contributed by atoms with Crippen LogP contribution >= 0.6 is 0 Å². The van der Waals surface area contributed by atoms with E-state index >= 15 is 0 Å². The number of nitrogens with one attached hydrogen (secondary N) is 2. The molecular weight excluding hydrogens is 345 g/mol. The van der Waals surface area contributed by atoms with Crippen molar-refractivity contribution >= 4 is 11.9 Å². The lowest BCUT2D eigenvalue weighted by molar-refractivity contribution is 0.0949. The van der Waals surface area contributed by atoms with Crippen molar-refractivity contribution in [1.82, 2.24) is 20.3 Å². The van der Waals surface area contributed by atoms with Crippen LogP contribution in [0.2, 0.25) is 0 Å². The predicted octanol–water partition coefficient (Wildman–Crippen LogP) is 2.90. The summed E-state index contributed by atoms with van der Waals surface area (Å²) in [6, 6.07) is 11.7. The number of halogens is 1. The predicted molar refractivity (Wildman–Crippen MR) is 101 cm³/mol. The molecule has 1 amide bonds. The summed E-state index contributed by atoms with van der Waals surface area (Å²) in [5.74, 6) is -0.153. The van der Waals surface area contributed by atoms with Gasteiger partial charge in [0, 0.05) is 31.2 Å². The summed E-state index contributed by atoms with van der Waals surface area (Å²) in [4.78, 5) is 25.0. The van der Waals surface area contributed by atoms with Crippen molar-refractivity contribution in [2.75, 3.05) is 11.9 Å². The van der Waals surface area contributed by atoms with Crippen LogP contribution in [-0.2, 0) is 13.0 Å². The van der Waals surface area contributed by atoms with Crippen LogP contribution in [0.3, 0.4) is 0 Å². The molecule has 2 N–H and O–H groups in total. The second-order valence-electron chi connectivity index (χ2n) is 6.07. The summed E-state index contributed by atoms with van der Waals surface area (Å²) in [5, 5.41) is 5.94. The Morgan fingerprint density at radius 3 is 2.67 bits per heavy atom. The number of hydrogen-bond acceptors (Lipinski definition) is 5. The van der Waals surface area contributed by atoms with E-state index in [2.05, 4.69) is 25.6 Å². The average Bonchev–Trinajstić information content (AvgIpc) is 2.68. The van der Waals surface area contributed by atoms with E-state index in [0.717, 1.165) is 11.1 Å². The van der Waals surface area contributed by atoms with Gasteiger partial charge in [-0.25, -0.2) is 14.4 Å². The first-order valence-corrected chi connectivity index (χ1v) is 8.61. The first-order valence-electron chi connectivity index (χ1n) is 8.61. The van der Waals surface area contributed by atoms with Gasteiger partial charge in [-0.3, -0.25) is 9.78 Å².